The third kappa shape index (κ3) is 4.86. The largest absolute Gasteiger partial charge is 0.276 e. The molecule has 0 aliphatic rings. The molecule has 0 saturated carbocycles. The second-order valence-electron chi connectivity index (χ2n) is 2.44. The van der Waals surface area contributed by atoms with Crippen molar-refractivity contribution < 1.29 is 9.59 Å². The number of carbonyl (C=O) groups is 2. The van der Waals surface area contributed by atoms with Gasteiger partial charge in [-0.1, -0.05) is 13.0 Å². The molecule has 0 aliphatic carbocycles. The van der Waals surface area contributed by atoms with Crippen molar-refractivity contribution in [3.63, 3.8) is 0 Å². The first-order chi connectivity index (χ1) is 5.99. The maximum atomic E-state index is 10.8. The fourth-order valence-electron chi connectivity index (χ4n) is 0.706. The topological polar surface area (TPSA) is 34.1 Å². The molecule has 72 valence electrons. The lowest BCUT2D eigenvalue weighted by Gasteiger charge is -1.95. The van der Waals surface area contributed by atoms with Crippen LogP contribution in [-0.2, 0) is 9.59 Å². The average molecular weight is 221 g/mol. The van der Waals surface area contributed by atoms with Gasteiger partial charge in [0.15, 0.2) is 0 Å². The average Bonchev–Trinajstić information content (AvgIpc) is 2.03. The molecule has 13 heavy (non-hydrogen) atoms. The van der Waals surface area contributed by atoms with Crippen LogP contribution in [0, 0.1) is 0 Å². The molecule has 0 heterocycles. The summed E-state index contributed by atoms with van der Waals surface area (Å²) in [5, 5.41) is -1.17. The van der Waals surface area contributed by atoms with Crippen molar-refractivity contribution >= 4 is 33.7 Å². The standard InChI is InChI=1S/C9H10Cl2O2/c1-3-4-7(9(11)13)5-6(2)8(10)12/h4-5H,3H2,1-2H3/b6-5+,7-4+. The van der Waals surface area contributed by atoms with E-state index in [0.717, 1.165) is 0 Å². The van der Waals surface area contributed by atoms with E-state index in [1.165, 1.54) is 13.0 Å². The highest BCUT2D eigenvalue weighted by atomic mass is 35.5. The summed E-state index contributed by atoms with van der Waals surface area (Å²) in [6, 6.07) is 0. The Balaban J connectivity index is 4.81. The normalized spacial score (nSPS) is 12.9. The first-order valence-corrected chi connectivity index (χ1v) is 4.52. The highest BCUT2D eigenvalue weighted by molar-refractivity contribution is 6.69. The monoisotopic (exact) mass is 220 g/mol. The molecule has 0 spiro atoms. The third-order valence-corrected chi connectivity index (χ3v) is 1.85. The molecule has 2 nitrogen and oxygen atoms in total. The van der Waals surface area contributed by atoms with E-state index in [1.54, 1.807) is 6.08 Å². The number of hydrogen-bond acceptors (Lipinski definition) is 2. The number of halogens is 2. The van der Waals surface area contributed by atoms with Crippen LogP contribution >= 0.6 is 23.2 Å². The zero-order chi connectivity index (χ0) is 10.4. The lowest BCUT2D eigenvalue weighted by Crippen LogP contribution is -1.94. The molecule has 4 heteroatoms. The van der Waals surface area contributed by atoms with Gasteiger partial charge in [0, 0.05) is 11.1 Å². The molecule has 0 rings (SSSR count). The number of carbonyl (C=O) groups excluding carboxylic acids is 2. The van der Waals surface area contributed by atoms with Crippen molar-refractivity contribution in [2.24, 2.45) is 0 Å². The zero-order valence-electron chi connectivity index (χ0n) is 7.43. The Morgan fingerprint density at radius 2 is 1.77 bits per heavy atom. The summed E-state index contributed by atoms with van der Waals surface area (Å²) >= 11 is 10.5. The van der Waals surface area contributed by atoms with Gasteiger partial charge >= 0.3 is 0 Å². The molecule has 0 atom stereocenters. The number of hydrogen-bond donors (Lipinski definition) is 0. The molecule has 0 saturated heterocycles. The van der Waals surface area contributed by atoms with Crippen LogP contribution in [0.1, 0.15) is 20.3 Å². The van der Waals surface area contributed by atoms with Gasteiger partial charge in [0.2, 0.25) is 5.24 Å². The summed E-state index contributed by atoms with van der Waals surface area (Å²) in [5.41, 5.74) is 0.603. The number of allylic oxidation sites excluding steroid dienone is 4. The molecular formula is C9H10Cl2O2. The van der Waals surface area contributed by atoms with E-state index < -0.39 is 10.5 Å². The molecular weight excluding hydrogens is 211 g/mol. The predicted molar refractivity (Wildman–Crippen MR) is 53.9 cm³/mol. The lowest BCUT2D eigenvalue weighted by molar-refractivity contribution is -0.108. The van der Waals surface area contributed by atoms with Gasteiger partial charge < -0.3 is 0 Å². The van der Waals surface area contributed by atoms with Crippen LogP contribution in [0.25, 0.3) is 0 Å². The Bertz CT molecular complexity index is 277. The van der Waals surface area contributed by atoms with Crippen molar-refractivity contribution in [1.82, 2.24) is 0 Å². The van der Waals surface area contributed by atoms with Crippen molar-refractivity contribution in [2.75, 3.05) is 0 Å². The van der Waals surface area contributed by atoms with Crippen LogP contribution in [0.5, 0.6) is 0 Å². The van der Waals surface area contributed by atoms with Crippen molar-refractivity contribution in [1.29, 1.82) is 0 Å². The van der Waals surface area contributed by atoms with Gasteiger partial charge in [-0.05, 0) is 42.6 Å². The molecule has 0 amide bonds. The fourth-order valence-corrected chi connectivity index (χ4v) is 0.892. The zero-order valence-corrected chi connectivity index (χ0v) is 8.95. The first kappa shape index (κ1) is 12.4. The van der Waals surface area contributed by atoms with Crippen LogP contribution in [0.2, 0.25) is 0 Å². The Morgan fingerprint density at radius 1 is 1.23 bits per heavy atom. The molecule has 0 aromatic carbocycles. The van der Waals surface area contributed by atoms with Crippen LogP contribution in [0.3, 0.4) is 0 Å². The highest BCUT2D eigenvalue weighted by Gasteiger charge is 2.05. The molecule has 0 bridgehead atoms. The second-order valence-corrected chi connectivity index (χ2v) is 3.13. The molecule has 0 aromatic rings. The van der Waals surface area contributed by atoms with Gasteiger partial charge in [0.1, 0.15) is 0 Å². The summed E-state index contributed by atoms with van der Waals surface area (Å²) in [6.07, 6.45) is 3.70. The van der Waals surface area contributed by atoms with E-state index in [2.05, 4.69) is 0 Å². The molecule has 0 aromatic heterocycles. The van der Waals surface area contributed by atoms with Gasteiger partial charge in [-0.15, -0.1) is 0 Å². The van der Waals surface area contributed by atoms with Crippen LogP contribution in [0.4, 0.5) is 0 Å². The van der Waals surface area contributed by atoms with Crippen molar-refractivity contribution in [2.45, 2.75) is 20.3 Å². The van der Waals surface area contributed by atoms with E-state index in [-0.39, 0.29) is 0 Å². The van der Waals surface area contributed by atoms with Crippen molar-refractivity contribution in [3.05, 3.63) is 23.3 Å². The highest BCUT2D eigenvalue weighted by Crippen LogP contribution is 2.09. The van der Waals surface area contributed by atoms with Gasteiger partial charge in [-0.25, -0.2) is 0 Å². The maximum absolute atomic E-state index is 10.8. The van der Waals surface area contributed by atoms with Crippen molar-refractivity contribution in [3.8, 4) is 0 Å². The van der Waals surface area contributed by atoms with Crippen LogP contribution < -0.4 is 0 Å². The first-order valence-electron chi connectivity index (χ1n) is 3.77. The Labute approximate surface area is 87.2 Å². The molecule has 0 aliphatic heterocycles. The lowest BCUT2D eigenvalue weighted by atomic mass is 10.1. The fraction of sp³-hybridized carbons (Fsp3) is 0.333. The molecule has 0 unspecified atom stereocenters. The minimum absolute atomic E-state index is 0.301. The van der Waals surface area contributed by atoms with E-state index in [4.69, 9.17) is 23.2 Å². The molecule has 0 radical (unpaired) electrons. The smallest absolute Gasteiger partial charge is 0.252 e. The summed E-state index contributed by atoms with van der Waals surface area (Å²) in [4.78, 5) is 21.4. The van der Waals surface area contributed by atoms with Gasteiger partial charge in [-0.2, -0.15) is 0 Å². The van der Waals surface area contributed by atoms with E-state index >= 15 is 0 Å². The Morgan fingerprint density at radius 3 is 2.08 bits per heavy atom. The minimum Gasteiger partial charge on any atom is -0.276 e. The second kappa shape index (κ2) is 5.95. The Hall–Kier alpha value is -0.600. The van der Waals surface area contributed by atoms with E-state index in [0.29, 0.717) is 17.6 Å². The third-order valence-electron chi connectivity index (χ3n) is 1.33. The van der Waals surface area contributed by atoms with Crippen LogP contribution in [0.15, 0.2) is 23.3 Å². The molecule has 0 N–H and O–H groups in total. The Kier molecular flexibility index (Phi) is 5.67. The van der Waals surface area contributed by atoms with E-state index in [1.807, 2.05) is 6.92 Å². The SMILES string of the molecule is CC/C=C(\C=C(/C)C(=O)Cl)C(=O)Cl. The number of rotatable bonds is 4. The maximum Gasteiger partial charge on any atom is 0.252 e. The summed E-state index contributed by atoms with van der Waals surface area (Å²) in [6.45, 7) is 3.39. The van der Waals surface area contributed by atoms with Gasteiger partial charge in [0.05, 0.1) is 0 Å². The van der Waals surface area contributed by atoms with Gasteiger partial charge in [-0.3, -0.25) is 9.59 Å². The predicted octanol–water partition coefficient (Wildman–Crippen LogP) is 2.80. The van der Waals surface area contributed by atoms with Gasteiger partial charge in [0.25, 0.3) is 5.24 Å². The summed E-state index contributed by atoms with van der Waals surface area (Å²) in [5.74, 6) is 0. The molecule has 0 fully saturated rings. The van der Waals surface area contributed by atoms with E-state index in [9.17, 15) is 9.59 Å². The van der Waals surface area contributed by atoms with Crippen LogP contribution in [-0.4, -0.2) is 10.5 Å². The summed E-state index contributed by atoms with van der Waals surface area (Å²) in [7, 11) is 0. The summed E-state index contributed by atoms with van der Waals surface area (Å²) < 4.78 is 0. The minimum atomic E-state index is -0.584. The quantitative estimate of drug-likeness (QED) is 0.415.